The van der Waals surface area contributed by atoms with Crippen molar-refractivity contribution in [1.29, 1.82) is 0 Å². The lowest BCUT2D eigenvalue weighted by molar-refractivity contribution is -0.137. The van der Waals surface area contributed by atoms with E-state index >= 15 is 0 Å². The van der Waals surface area contributed by atoms with Gasteiger partial charge in [0.1, 0.15) is 11.6 Å². The van der Waals surface area contributed by atoms with Crippen LogP contribution in [0.2, 0.25) is 0 Å². The van der Waals surface area contributed by atoms with E-state index < -0.39 is 0 Å². The van der Waals surface area contributed by atoms with Crippen LogP contribution in [0.1, 0.15) is 18.4 Å². The number of hydrogen-bond acceptors (Lipinski definition) is 4. The standard InChI is InChI=1S/C22H25FN2O4/c23-18-6-4-17(5-7-18)2-1-3-21(26)24-19-8-10-20(11-9-19)29-16-22(27)25-12-14-28-15-13-25/h4-11H,1-3,12-16H2,(H,24,26). The van der Waals surface area contributed by atoms with Crippen LogP contribution in [-0.4, -0.2) is 49.6 Å². The first-order valence-electron chi connectivity index (χ1n) is 9.73. The van der Waals surface area contributed by atoms with E-state index in [-0.39, 0.29) is 24.2 Å². The maximum absolute atomic E-state index is 12.9. The minimum absolute atomic E-state index is 0.0188. The predicted octanol–water partition coefficient (Wildman–Crippen LogP) is 3.02. The van der Waals surface area contributed by atoms with Gasteiger partial charge in [-0.05, 0) is 54.8 Å². The number of rotatable bonds is 8. The van der Waals surface area contributed by atoms with Crippen molar-refractivity contribution in [3.8, 4) is 5.75 Å². The van der Waals surface area contributed by atoms with E-state index in [0.717, 1.165) is 12.0 Å². The number of ether oxygens (including phenoxy) is 2. The molecule has 0 unspecified atom stereocenters. The lowest BCUT2D eigenvalue weighted by Crippen LogP contribution is -2.42. The Kier molecular flexibility index (Phi) is 7.58. The molecule has 2 amide bonds. The summed E-state index contributed by atoms with van der Waals surface area (Å²) in [6, 6.07) is 13.2. The van der Waals surface area contributed by atoms with E-state index in [0.29, 0.717) is 50.6 Å². The zero-order valence-electron chi connectivity index (χ0n) is 16.2. The quantitative estimate of drug-likeness (QED) is 0.740. The van der Waals surface area contributed by atoms with E-state index in [2.05, 4.69) is 5.32 Å². The molecule has 1 aliphatic rings. The average molecular weight is 400 g/mol. The van der Waals surface area contributed by atoms with Gasteiger partial charge in [0, 0.05) is 25.2 Å². The highest BCUT2D eigenvalue weighted by Crippen LogP contribution is 2.16. The summed E-state index contributed by atoms with van der Waals surface area (Å²) in [5.74, 6) is 0.167. The number of nitrogens with one attached hydrogen (secondary N) is 1. The zero-order chi connectivity index (χ0) is 20.5. The number of anilines is 1. The normalized spacial score (nSPS) is 13.8. The molecule has 1 aliphatic heterocycles. The van der Waals surface area contributed by atoms with Gasteiger partial charge in [0.2, 0.25) is 5.91 Å². The summed E-state index contributed by atoms with van der Waals surface area (Å²) in [6.07, 6.45) is 1.78. The summed E-state index contributed by atoms with van der Waals surface area (Å²) in [7, 11) is 0. The fourth-order valence-corrected chi connectivity index (χ4v) is 3.01. The summed E-state index contributed by atoms with van der Waals surface area (Å²) in [4.78, 5) is 25.9. The Bertz CT molecular complexity index is 803. The number of amides is 2. The van der Waals surface area contributed by atoms with Gasteiger partial charge in [0.25, 0.3) is 5.91 Å². The first-order valence-corrected chi connectivity index (χ1v) is 9.73. The summed E-state index contributed by atoms with van der Waals surface area (Å²) < 4.78 is 23.6. The fourth-order valence-electron chi connectivity index (χ4n) is 3.01. The van der Waals surface area contributed by atoms with Crippen molar-refractivity contribution in [2.24, 2.45) is 0 Å². The number of carbonyl (C=O) groups is 2. The number of morpholine rings is 1. The van der Waals surface area contributed by atoms with Gasteiger partial charge in [-0.1, -0.05) is 12.1 Å². The van der Waals surface area contributed by atoms with Crippen LogP contribution in [0.5, 0.6) is 5.75 Å². The Balaban J connectivity index is 1.37. The Labute approximate surface area is 169 Å². The van der Waals surface area contributed by atoms with E-state index in [1.54, 1.807) is 41.3 Å². The molecule has 0 aliphatic carbocycles. The number of nitrogens with zero attached hydrogens (tertiary/aromatic N) is 1. The molecule has 3 rings (SSSR count). The van der Waals surface area contributed by atoms with Gasteiger partial charge < -0.3 is 19.7 Å². The van der Waals surface area contributed by atoms with Gasteiger partial charge in [0.05, 0.1) is 13.2 Å². The first-order chi connectivity index (χ1) is 14.1. The van der Waals surface area contributed by atoms with E-state index in [1.165, 1.54) is 12.1 Å². The third-order valence-corrected chi connectivity index (χ3v) is 4.65. The van der Waals surface area contributed by atoms with Gasteiger partial charge in [-0.2, -0.15) is 0 Å². The van der Waals surface area contributed by atoms with Crippen LogP contribution >= 0.6 is 0 Å². The van der Waals surface area contributed by atoms with Crippen molar-refractivity contribution in [2.75, 3.05) is 38.2 Å². The predicted molar refractivity (Wildman–Crippen MR) is 107 cm³/mol. The highest BCUT2D eigenvalue weighted by Gasteiger charge is 2.17. The highest BCUT2D eigenvalue weighted by molar-refractivity contribution is 5.90. The maximum Gasteiger partial charge on any atom is 0.260 e. The molecular formula is C22H25FN2O4. The monoisotopic (exact) mass is 400 g/mol. The second kappa shape index (κ2) is 10.6. The second-order valence-electron chi connectivity index (χ2n) is 6.83. The molecule has 154 valence electrons. The molecule has 0 saturated carbocycles. The van der Waals surface area contributed by atoms with Crippen LogP contribution in [0, 0.1) is 5.82 Å². The van der Waals surface area contributed by atoms with Crippen LogP contribution in [0.3, 0.4) is 0 Å². The molecule has 0 aromatic heterocycles. The van der Waals surface area contributed by atoms with E-state index in [4.69, 9.17) is 9.47 Å². The largest absolute Gasteiger partial charge is 0.484 e. The lowest BCUT2D eigenvalue weighted by Gasteiger charge is -2.26. The molecule has 6 nitrogen and oxygen atoms in total. The van der Waals surface area contributed by atoms with Crippen LogP contribution in [-0.2, 0) is 20.7 Å². The third-order valence-electron chi connectivity index (χ3n) is 4.65. The minimum atomic E-state index is -0.260. The van der Waals surface area contributed by atoms with Crippen molar-refractivity contribution in [2.45, 2.75) is 19.3 Å². The van der Waals surface area contributed by atoms with E-state index in [1.807, 2.05) is 0 Å². The minimum Gasteiger partial charge on any atom is -0.484 e. The van der Waals surface area contributed by atoms with Crippen molar-refractivity contribution < 1.29 is 23.5 Å². The maximum atomic E-state index is 12.9. The molecule has 2 aromatic carbocycles. The molecule has 7 heteroatoms. The smallest absolute Gasteiger partial charge is 0.260 e. The first kappa shape index (κ1) is 20.8. The number of carbonyl (C=O) groups excluding carboxylic acids is 2. The summed E-state index contributed by atoms with van der Waals surface area (Å²) in [5.41, 5.74) is 1.68. The van der Waals surface area contributed by atoms with Crippen LogP contribution in [0.4, 0.5) is 10.1 Å². The van der Waals surface area contributed by atoms with E-state index in [9.17, 15) is 14.0 Å². The molecule has 0 radical (unpaired) electrons. The van der Waals surface area contributed by atoms with Gasteiger partial charge in [0.15, 0.2) is 6.61 Å². The number of benzene rings is 2. The average Bonchev–Trinajstić information content (AvgIpc) is 2.75. The molecular weight excluding hydrogens is 375 g/mol. The molecule has 29 heavy (non-hydrogen) atoms. The third kappa shape index (κ3) is 6.87. The molecule has 1 heterocycles. The topological polar surface area (TPSA) is 67.9 Å². The highest BCUT2D eigenvalue weighted by atomic mass is 19.1. The Morgan fingerprint density at radius 3 is 2.41 bits per heavy atom. The molecule has 1 N–H and O–H groups in total. The van der Waals surface area contributed by atoms with Crippen LogP contribution < -0.4 is 10.1 Å². The summed E-state index contributed by atoms with van der Waals surface area (Å²) in [6.45, 7) is 2.28. The SMILES string of the molecule is O=C(CCCc1ccc(F)cc1)Nc1ccc(OCC(=O)N2CCOCC2)cc1. The molecule has 0 spiro atoms. The number of aryl methyl sites for hydroxylation is 1. The van der Waals surface area contributed by atoms with Crippen molar-refractivity contribution in [3.63, 3.8) is 0 Å². The molecule has 1 saturated heterocycles. The summed E-state index contributed by atoms with van der Waals surface area (Å²) in [5, 5.41) is 2.84. The Morgan fingerprint density at radius 1 is 1.03 bits per heavy atom. The lowest BCUT2D eigenvalue weighted by atomic mass is 10.1. The second-order valence-corrected chi connectivity index (χ2v) is 6.83. The van der Waals surface area contributed by atoms with Gasteiger partial charge in [-0.3, -0.25) is 9.59 Å². The van der Waals surface area contributed by atoms with Crippen molar-refractivity contribution in [1.82, 2.24) is 4.90 Å². The molecule has 2 aromatic rings. The number of hydrogen-bond donors (Lipinski definition) is 1. The van der Waals surface area contributed by atoms with Gasteiger partial charge in [-0.25, -0.2) is 4.39 Å². The van der Waals surface area contributed by atoms with Gasteiger partial charge in [-0.15, -0.1) is 0 Å². The zero-order valence-corrected chi connectivity index (χ0v) is 16.2. The van der Waals surface area contributed by atoms with Crippen LogP contribution in [0.15, 0.2) is 48.5 Å². The molecule has 0 atom stereocenters. The number of halogens is 1. The molecule has 1 fully saturated rings. The molecule has 0 bridgehead atoms. The van der Waals surface area contributed by atoms with Crippen molar-refractivity contribution >= 4 is 17.5 Å². The van der Waals surface area contributed by atoms with Crippen molar-refractivity contribution in [3.05, 3.63) is 59.9 Å². The Morgan fingerprint density at radius 2 is 1.72 bits per heavy atom. The Hall–Kier alpha value is -2.93. The summed E-state index contributed by atoms with van der Waals surface area (Å²) >= 11 is 0. The van der Waals surface area contributed by atoms with Gasteiger partial charge >= 0.3 is 0 Å². The van der Waals surface area contributed by atoms with Crippen LogP contribution in [0.25, 0.3) is 0 Å². The fraction of sp³-hybridized carbons (Fsp3) is 0.364.